The van der Waals surface area contributed by atoms with E-state index in [0.717, 1.165) is 5.92 Å². The number of rotatable bonds is 8. The van der Waals surface area contributed by atoms with Gasteiger partial charge in [0, 0.05) is 0 Å². The average molecular weight is 222 g/mol. The molecular weight excluding hydrogens is 190 g/mol. The first kappa shape index (κ1) is 16.1. The van der Waals surface area contributed by atoms with Crippen molar-refractivity contribution in [1.82, 2.24) is 0 Å². The average Bonchev–Trinajstić information content (AvgIpc) is 2.23. The molecule has 16 heavy (non-hydrogen) atoms. The van der Waals surface area contributed by atoms with Crippen molar-refractivity contribution in [3.63, 3.8) is 0 Å². The second-order valence-corrected chi connectivity index (χ2v) is 6.60. The first-order chi connectivity index (χ1) is 7.31. The summed E-state index contributed by atoms with van der Waals surface area (Å²) in [5.74, 6) is 0.767. The second kappa shape index (κ2) is 6.77. The van der Waals surface area contributed by atoms with E-state index in [1.54, 1.807) is 0 Å². The molecule has 0 rings (SSSR count). The van der Waals surface area contributed by atoms with E-state index in [1.807, 2.05) is 0 Å². The number of hydrogen-bond donors (Lipinski definition) is 0. The third-order valence-corrected chi connectivity index (χ3v) is 5.36. The van der Waals surface area contributed by atoms with Gasteiger partial charge in [0.15, 0.2) is 0 Å². The third-order valence-electron chi connectivity index (χ3n) is 5.36. The summed E-state index contributed by atoms with van der Waals surface area (Å²) < 4.78 is 0. The van der Waals surface area contributed by atoms with E-state index < -0.39 is 0 Å². The van der Waals surface area contributed by atoms with E-state index in [0.29, 0.717) is 10.6 Å². The molecule has 0 amide bonds. The van der Waals surface area contributed by atoms with Crippen molar-refractivity contribution in [1.29, 1.82) is 0 Å². The molecule has 0 aromatic rings. The minimum Gasteiger partial charge on any atom is -0.0772 e. The van der Waals surface area contributed by atoms with Crippen molar-refractivity contribution in [2.24, 2.45) is 11.3 Å². The zero-order chi connectivity index (χ0) is 12.8. The number of unbranched alkanes of at least 4 members (excludes halogenated alkanes) is 3. The fraction of sp³-hybridized carbons (Fsp3) is 1.00. The van der Waals surface area contributed by atoms with Crippen LogP contribution in [0.25, 0.3) is 0 Å². The quantitative estimate of drug-likeness (QED) is 0.436. The highest BCUT2D eigenvalue weighted by atomic mass is 14.4. The van der Waals surface area contributed by atoms with Crippen molar-refractivity contribution in [2.75, 3.05) is 0 Å². The molecule has 0 aromatic heterocycles. The van der Waals surface area contributed by atoms with Crippen LogP contribution in [-0.4, -0.2) is 15.7 Å². The topological polar surface area (TPSA) is 0 Å². The first-order valence-corrected chi connectivity index (χ1v) is 7.31. The Morgan fingerprint density at radius 2 is 1.56 bits per heavy atom. The Labute approximate surface area is 106 Å². The SMILES string of the molecule is BC(B)(C(C)C)C(C)(CC)CCCCCC. The maximum absolute atomic E-state index is 2.50. The molecule has 0 fully saturated rings. The monoisotopic (exact) mass is 222 g/mol. The lowest BCUT2D eigenvalue weighted by Gasteiger charge is -2.48. The van der Waals surface area contributed by atoms with Crippen LogP contribution in [0.4, 0.5) is 0 Å². The lowest BCUT2D eigenvalue weighted by molar-refractivity contribution is 0.191. The molecule has 94 valence electrons. The summed E-state index contributed by atoms with van der Waals surface area (Å²) in [6.07, 6.45) is 8.28. The van der Waals surface area contributed by atoms with Crippen LogP contribution in [0.1, 0.15) is 73.1 Å². The van der Waals surface area contributed by atoms with Crippen LogP contribution in [-0.2, 0) is 0 Å². The Hall–Kier alpha value is 0.130. The molecular formula is C14H32B2. The maximum atomic E-state index is 2.50. The molecule has 0 saturated carbocycles. The van der Waals surface area contributed by atoms with Crippen molar-refractivity contribution in [3.05, 3.63) is 0 Å². The molecule has 0 radical (unpaired) electrons. The van der Waals surface area contributed by atoms with E-state index in [-0.39, 0.29) is 0 Å². The van der Waals surface area contributed by atoms with Gasteiger partial charge < -0.3 is 0 Å². The second-order valence-electron chi connectivity index (χ2n) is 6.60. The van der Waals surface area contributed by atoms with E-state index >= 15 is 0 Å². The molecule has 1 unspecified atom stereocenters. The van der Waals surface area contributed by atoms with E-state index in [2.05, 4.69) is 50.3 Å². The van der Waals surface area contributed by atoms with Crippen LogP contribution < -0.4 is 0 Å². The molecule has 0 nitrogen and oxygen atoms in total. The minimum absolute atomic E-state index is 0.452. The molecule has 2 heteroatoms. The van der Waals surface area contributed by atoms with Gasteiger partial charge in [-0.1, -0.05) is 77.9 Å². The van der Waals surface area contributed by atoms with E-state index in [9.17, 15) is 0 Å². The van der Waals surface area contributed by atoms with Gasteiger partial charge in [0.05, 0.1) is 0 Å². The zero-order valence-electron chi connectivity index (χ0n) is 12.8. The highest BCUT2D eigenvalue weighted by Crippen LogP contribution is 2.51. The van der Waals surface area contributed by atoms with Crippen LogP contribution in [0.5, 0.6) is 0 Å². The molecule has 1 atom stereocenters. The van der Waals surface area contributed by atoms with Gasteiger partial charge in [-0.2, -0.15) is 0 Å². The predicted octanol–water partition coefficient (Wildman–Crippen LogP) is 3.41. The van der Waals surface area contributed by atoms with Crippen LogP contribution >= 0.6 is 0 Å². The molecule has 0 heterocycles. The Morgan fingerprint density at radius 1 is 1.00 bits per heavy atom. The molecule has 0 aromatic carbocycles. The zero-order valence-corrected chi connectivity index (χ0v) is 12.8. The van der Waals surface area contributed by atoms with Gasteiger partial charge in [-0.15, -0.1) is 0 Å². The Kier molecular flexibility index (Phi) is 6.82. The fourth-order valence-corrected chi connectivity index (χ4v) is 2.59. The van der Waals surface area contributed by atoms with Gasteiger partial charge in [0.25, 0.3) is 0 Å². The van der Waals surface area contributed by atoms with Gasteiger partial charge in [0.1, 0.15) is 15.7 Å². The lowest BCUT2D eigenvalue weighted by atomic mass is 9.37. The van der Waals surface area contributed by atoms with Crippen molar-refractivity contribution in [3.8, 4) is 0 Å². The maximum Gasteiger partial charge on any atom is 0.100 e. The number of hydrogen-bond acceptors (Lipinski definition) is 0. The van der Waals surface area contributed by atoms with Gasteiger partial charge in [-0.3, -0.25) is 0 Å². The van der Waals surface area contributed by atoms with E-state index in [4.69, 9.17) is 0 Å². The Morgan fingerprint density at radius 3 is 1.94 bits per heavy atom. The predicted molar refractivity (Wildman–Crippen MR) is 81.8 cm³/mol. The summed E-state index contributed by atoms with van der Waals surface area (Å²) in [4.78, 5) is 0. The highest BCUT2D eigenvalue weighted by Gasteiger charge is 2.40. The minimum atomic E-state index is 0.452. The molecule has 0 aliphatic heterocycles. The smallest absolute Gasteiger partial charge is 0.0772 e. The van der Waals surface area contributed by atoms with Gasteiger partial charge in [-0.25, -0.2) is 0 Å². The standard InChI is InChI=1S/C14H32B2/c1-6-8-9-10-11-13(5,7-2)14(15,16)12(3)4/h12H,6-11,15-16H2,1-5H3. The first-order valence-electron chi connectivity index (χ1n) is 7.31. The van der Waals surface area contributed by atoms with E-state index in [1.165, 1.54) is 38.5 Å². The molecule has 0 aliphatic rings. The molecule has 0 saturated heterocycles. The van der Waals surface area contributed by atoms with Gasteiger partial charge in [-0.05, 0) is 11.8 Å². The van der Waals surface area contributed by atoms with Crippen molar-refractivity contribution >= 4 is 15.7 Å². The molecule has 0 N–H and O–H groups in total. The normalized spacial score (nSPS) is 16.4. The summed E-state index contributed by atoms with van der Waals surface area (Å²) in [6, 6.07) is 0. The highest BCUT2D eigenvalue weighted by molar-refractivity contribution is 6.40. The summed E-state index contributed by atoms with van der Waals surface area (Å²) >= 11 is 0. The molecule has 0 bridgehead atoms. The van der Waals surface area contributed by atoms with Crippen LogP contribution in [0.2, 0.25) is 5.21 Å². The van der Waals surface area contributed by atoms with Crippen LogP contribution in [0, 0.1) is 11.3 Å². The summed E-state index contributed by atoms with van der Waals surface area (Å²) in [5.41, 5.74) is 0.509. The van der Waals surface area contributed by atoms with Crippen molar-refractivity contribution in [2.45, 2.75) is 78.4 Å². The summed E-state index contributed by atoms with van der Waals surface area (Å²) in [6.45, 7) is 11.9. The largest absolute Gasteiger partial charge is 0.100 e. The Balaban J connectivity index is 4.41. The van der Waals surface area contributed by atoms with Crippen LogP contribution in [0.3, 0.4) is 0 Å². The molecule has 0 spiro atoms. The van der Waals surface area contributed by atoms with Crippen molar-refractivity contribution < 1.29 is 0 Å². The fourth-order valence-electron chi connectivity index (χ4n) is 2.59. The summed E-state index contributed by atoms with van der Waals surface area (Å²) in [5, 5.41) is 0.452. The third kappa shape index (κ3) is 3.86. The Bertz CT molecular complexity index is 187. The van der Waals surface area contributed by atoms with Gasteiger partial charge >= 0.3 is 0 Å². The molecule has 0 aliphatic carbocycles. The van der Waals surface area contributed by atoms with Crippen LogP contribution in [0.15, 0.2) is 0 Å². The lowest BCUT2D eigenvalue weighted by Crippen LogP contribution is -2.38. The summed E-state index contributed by atoms with van der Waals surface area (Å²) in [7, 11) is 4.92. The van der Waals surface area contributed by atoms with Gasteiger partial charge in [0.2, 0.25) is 0 Å².